The van der Waals surface area contributed by atoms with Crippen molar-refractivity contribution in [2.75, 3.05) is 13.1 Å². The maximum atomic E-state index is 10.9. The number of carboxylic acids is 1. The third kappa shape index (κ3) is 4.47. The molecule has 23 heavy (non-hydrogen) atoms. The summed E-state index contributed by atoms with van der Waals surface area (Å²) >= 11 is 5.87. The van der Waals surface area contributed by atoms with E-state index >= 15 is 0 Å². The van der Waals surface area contributed by atoms with Crippen LogP contribution >= 0.6 is 24.0 Å². The third-order valence-corrected chi connectivity index (χ3v) is 4.27. The standard InChI is InChI=1S/C16H17ClN2O3.ClH/c17-13-3-1-11(2-4-13)15-9-14(22-18-15)10-19-7-5-12(6-8-19)16(20)21;/h1-4,9,12H,5-8,10H2,(H,20,21);1H. The number of likely N-dealkylation sites (tertiary alicyclic amines) is 1. The molecule has 1 aromatic heterocycles. The highest BCUT2D eigenvalue weighted by Crippen LogP contribution is 2.23. The highest BCUT2D eigenvalue weighted by atomic mass is 35.5. The summed E-state index contributed by atoms with van der Waals surface area (Å²) in [7, 11) is 0. The Morgan fingerprint density at radius 3 is 2.57 bits per heavy atom. The molecule has 5 nitrogen and oxygen atoms in total. The van der Waals surface area contributed by atoms with Crippen molar-refractivity contribution >= 4 is 30.0 Å². The topological polar surface area (TPSA) is 66.6 Å². The maximum Gasteiger partial charge on any atom is 0.306 e. The van der Waals surface area contributed by atoms with Crippen LogP contribution in [0.5, 0.6) is 0 Å². The van der Waals surface area contributed by atoms with Gasteiger partial charge in [-0.1, -0.05) is 28.9 Å². The summed E-state index contributed by atoms with van der Waals surface area (Å²) in [6.07, 6.45) is 1.38. The van der Waals surface area contributed by atoms with E-state index in [1.165, 1.54) is 0 Å². The molecule has 0 atom stereocenters. The zero-order chi connectivity index (χ0) is 15.5. The minimum atomic E-state index is -0.690. The van der Waals surface area contributed by atoms with Crippen molar-refractivity contribution in [3.05, 3.63) is 41.1 Å². The van der Waals surface area contributed by atoms with Gasteiger partial charge < -0.3 is 9.63 Å². The first kappa shape index (κ1) is 17.8. The average Bonchev–Trinajstić information content (AvgIpc) is 2.97. The van der Waals surface area contributed by atoms with Gasteiger partial charge in [-0.2, -0.15) is 0 Å². The molecule has 0 amide bonds. The second kappa shape index (κ2) is 7.81. The fourth-order valence-corrected chi connectivity index (χ4v) is 2.83. The number of carbonyl (C=O) groups is 1. The van der Waals surface area contributed by atoms with E-state index in [0.717, 1.165) is 30.1 Å². The molecular weight excluding hydrogens is 339 g/mol. The van der Waals surface area contributed by atoms with Crippen molar-refractivity contribution in [1.82, 2.24) is 10.1 Å². The van der Waals surface area contributed by atoms with Gasteiger partial charge in [0.05, 0.1) is 12.5 Å². The maximum absolute atomic E-state index is 10.9. The summed E-state index contributed by atoms with van der Waals surface area (Å²) in [5.74, 6) is -0.112. The number of hydrogen-bond acceptors (Lipinski definition) is 4. The Morgan fingerprint density at radius 1 is 1.30 bits per heavy atom. The number of piperidine rings is 1. The number of aromatic nitrogens is 1. The number of halogens is 2. The van der Waals surface area contributed by atoms with E-state index in [0.29, 0.717) is 24.4 Å². The Kier molecular flexibility index (Phi) is 6.04. The second-order valence-corrected chi connectivity index (χ2v) is 6.01. The summed E-state index contributed by atoms with van der Waals surface area (Å²) in [4.78, 5) is 13.1. The van der Waals surface area contributed by atoms with Crippen molar-refractivity contribution in [3.8, 4) is 11.3 Å². The second-order valence-electron chi connectivity index (χ2n) is 5.57. The van der Waals surface area contributed by atoms with E-state index in [1.807, 2.05) is 30.3 Å². The zero-order valence-corrected chi connectivity index (χ0v) is 14.0. The zero-order valence-electron chi connectivity index (χ0n) is 12.4. The first-order valence-electron chi connectivity index (χ1n) is 7.28. The Bertz CT molecular complexity index is 650. The van der Waals surface area contributed by atoms with Gasteiger partial charge in [-0.15, -0.1) is 12.4 Å². The summed E-state index contributed by atoms with van der Waals surface area (Å²) in [6.45, 7) is 2.20. The fraction of sp³-hybridized carbons (Fsp3) is 0.375. The lowest BCUT2D eigenvalue weighted by atomic mass is 9.97. The van der Waals surface area contributed by atoms with Crippen LogP contribution < -0.4 is 0 Å². The van der Waals surface area contributed by atoms with E-state index in [-0.39, 0.29) is 18.3 Å². The predicted molar refractivity (Wildman–Crippen MR) is 89.8 cm³/mol. The monoisotopic (exact) mass is 356 g/mol. The van der Waals surface area contributed by atoms with Gasteiger partial charge in [-0.25, -0.2) is 0 Å². The average molecular weight is 357 g/mol. The molecule has 1 aliphatic rings. The molecule has 2 heterocycles. The molecule has 1 N–H and O–H groups in total. The Balaban J connectivity index is 0.00000192. The van der Waals surface area contributed by atoms with Crippen LogP contribution in [0.3, 0.4) is 0 Å². The van der Waals surface area contributed by atoms with Gasteiger partial charge in [-0.05, 0) is 38.1 Å². The highest BCUT2D eigenvalue weighted by Gasteiger charge is 2.25. The largest absolute Gasteiger partial charge is 0.481 e. The van der Waals surface area contributed by atoms with E-state index < -0.39 is 5.97 Å². The van der Waals surface area contributed by atoms with E-state index in [9.17, 15) is 4.79 Å². The molecule has 1 aromatic carbocycles. The van der Waals surface area contributed by atoms with Crippen LogP contribution in [0.25, 0.3) is 11.3 Å². The molecule has 3 rings (SSSR count). The summed E-state index contributed by atoms with van der Waals surface area (Å²) in [5.41, 5.74) is 1.75. The lowest BCUT2D eigenvalue weighted by Crippen LogP contribution is -2.35. The van der Waals surface area contributed by atoms with Crippen LogP contribution in [0.1, 0.15) is 18.6 Å². The smallest absolute Gasteiger partial charge is 0.306 e. The first-order chi connectivity index (χ1) is 10.6. The fourth-order valence-electron chi connectivity index (χ4n) is 2.70. The molecular formula is C16H18Cl2N2O3. The Morgan fingerprint density at radius 2 is 1.96 bits per heavy atom. The third-order valence-electron chi connectivity index (χ3n) is 4.02. The van der Waals surface area contributed by atoms with Gasteiger partial charge in [-0.3, -0.25) is 9.69 Å². The van der Waals surface area contributed by atoms with Gasteiger partial charge in [0.1, 0.15) is 5.69 Å². The van der Waals surface area contributed by atoms with Crippen molar-refractivity contribution in [2.24, 2.45) is 5.92 Å². The number of benzene rings is 1. The van der Waals surface area contributed by atoms with Gasteiger partial charge >= 0.3 is 5.97 Å². The summed E-state index contributed by atoms with van der Waals surface area (Å²) in [6, 6.07) is 9.38. The Hall–Kier alpha value is -1.56. The van der Waals surface area contributed by atoms with Crippen LogP contribution in [-0.2, 0) is 11.3 Å². The molecule has 1 fully saturated rings. The van der Waals surface area contributed by atoms with Crippen LogP contribution in [0.4, 0.5) is 0 Å². The summed E-state index contributed by atoms with van der Waals surface area (Å²) < 4.78 is 5.39. The number of rotatable bonds is 4. The van der Waals surface area contributed by atoms with Crippen LogP contribution in [0.2, 0.25) is 5.02 Å². The molecule has 7 heteroatoms. The Labute approximate surface area is 145 Å². The van der Waals surface area contributed by atoms with E-state index in [2.05, 4.69) is 10.1 Å². The lowest BCUT2D eigenvalue weighted by Gasteiger charge is -2.28. The molecule has 124 valence electrons. The van der Waals surface area contributed by atoms with Crippen LogP contribution in [0, 0.1) is 5.92 Å². The number of hydrogen-bond donors (Lipinski definition) is 1. The SMILES string of the molecule is Cl.O=C(O)C1CCN(Cc2cc(-c3ccc(Cl)cc3)no2)CC1. The van der Waals surface area contributed by atoms with E-state index in [4.69, 9.17) is 21.2 Å². The summed E-state index contributed by atoms with van der Waals surface area (Å²) in [5, 5.41) is 13.8. The van der Waals surface area contributed by atoms with Crippen molar-refractivity contribution in [2.45, 2.75) is 19.4 Å². The molecule has 0 spiro atoms. The molecule has 0 aliphatic carbocycles. The molecule has 1 saturated heterocycles. The normalized spacial score (nSPS) is 16.0. The van der Waals surface area contributed by atoms with Crippen molar-refractivity contribution in [3.63, 3.8) is 0 Å². The minimum absolute atomic E-state index is 0. The molecule has 0 saturated carbocycles. The van der Waals surface area contributed by atoms with Crippen LogP contribution in [-0.4, -0.2) is 34.2 Å². The molecule has 0 unspecified atom stereocenters. The first-order valence-corrected chi connectivity index (χ1v) is 7.66. The van der Waals surface area contributed by atoms with Gasteiger partial charge in [0.15, 0.2) is 5.76 Å². The lowest BCUT2D eigenvalue weighted by molar-refractivity contribution is -0.143. The van der Waals surface area contributed by atoms with Gasteiger partial charge in [0.25, 0.3) is 0 Å². The number of nitrogens with zero attached hydrogens (tertiary/aromatic N) is 2. The van der Waals surface area contributed by atoms with Gasteiger partial charge in [0.2, 0.25) is 0 Å². The van der Waals surface area contributed by atoms with E-state index in [1.54, 1.807) is 0 Å². The van der Waals surface area contributed by atoms with Crippen LogP contribution in [0.15, 0.2) is 34.9 Å². The number of carboxylic acid groups (broad SMARTS) is 1. The predicted octanol–water partition coefficient (Wildman–Crippen LogP) is 3.71. The van der Waals surface area contributed by atoms with Crippen molar-refractivity contribution < 1.29 is 14.4 Å². The molecule has 2 aromatic rings. The highest BCUT2D eigenvalue weighted by molar-refractivity contribution is 6.30. The molecule has 0 bridgehead atoms. The number of aliphatic carboxylic acids is 1. The minimum Gasteiger partial charge on any atom is -0.481 e. The molecule has 1 aliphatic heterocycles. The quantitative estimate of drug-likeness (QED) is 0.904. The van der Waals surface area contributed by atoms with Gasteiger partial charge in [0, 0.05) is 16.7 Å². The molecule has 0 radical (unpaired) electrons. The van der Waals surface area contributed by atoms with Crippen molar-refractivity contribution in [1.29, 1.82) is 0 Å².